The van der Waals surface area contributed by atoms with Gasteiger partial charge in [0.25, 0.3) is 0 Å². The topological polar surface area (TPSA) is 125 Å². The third kappa shape index (κ3) is 3.90. The number of nitrogens with two attached hydrogens (primary N) is 1. The van der Waals surface area contributed by atoms with Crippen LogP contribution in [0.25, 0.3) is 5.69 Å². The Balaban J connectivity index is 2.14. The first-order chi connectivity index (χ1) is 10.9. The molecule has 8 heteroatoms. The van der Waals surface area contributed by atoms with Crippen molar-refractivity contribution in [3.8, 4) is 11.8 Å². The zero-order valence-corrected chi connectivity index (χ0v) is 13.2. The Labute approximate surface area is 137 Å². The minimum Gasteiger partial charge on any atom is -0.389 e. The molecule has 0 amide bonds. The van der Waals surface area contributed by atoms with Crippen LogP contribution in [-0.2, 0) is 4.79 Å². The quantitative estimate of drug-likeness (QED) is 0.745. The van der Waals surface area contributed by atoms with E-state index in [1.165, 1.54) is 17.8 Å². The molecule has 23 heavy (non-hydrogen) atoms. The minimum atomic E-state index is -1.10. The van der Waals surface area contributed by atoms with Gasteiger partial charge in [0.05, 0.1) is 18.0 Å². The molecule has 0 saturated carbocycles. The van der Waals surface area contributed by atoms with Gasteiger partial charge in [0, 0.05) is 12.7 Å². The number of aliphatic hydroxyl groups is 2. The Kier molecular flexibility index (Phi) is 5.39. The third-order valence-corrected chi connectivity index (χ3v) is 4.14. The molecule has 0 bridgehead atoms. The molecule has 0 aliphatic carbocycles. The molecule has 2 aromatic rings. The number of aliphatic hydroxyl groups excluding tert-OH is 2. The number of thioether (sulfide) groups is 1. The minimum absolute atomic E-state index is 0.117. The molecule has 0 spiro atoms. The molecule has 2 rings (SSSR count). The maximum atomic E-state index is 10.9. The van der Waals surface area contributed by atoms with Gasteiger partial charge in [0.15, 0.2) is 5.12 Å². The number of hydrogen-bond acceptors (Lipinski definition) is 7. The van der Waals surface area contributed by atoms with Crippen LogP contribution in [-0.4, -0.2) is 37.0 Å². The zero-order chi connectivity index (χ0) is 17.0. The zero-order valence-electron chi connectivity index (χ0n) is 12.4. The van der Waals surface area contributed by atoms with Crippen molar-refractivity contribution >= 4 is 22.7 Å². The molecular formula is C15H16N4O3S. The summed E-state index contributed by atoms with van der Waals surface area (Å²) in [5.41, 5.74) is 7.24. The molecule has 2 unspecified atom stereocenters. The van der Waals surface area contributed by atoms with E-state index in [1.807, 2.05) is 6.07 Å². The first-order valence-corrected chi connectivity index (χ1v) is 7.76. The highest BCUT2D eigenvalue weighted by Gasteiger charge is 2.19. The van der Waals surface area contributed by atoms with Crippen LogP contribution in [0.2, 0.25) is 0 Å². The number of nitriles is 1. The highest BCUT2D eigenvalue weighted by atomic mass is 32.2. The Morgan fingerprint density at radius 1 is 1.43 bits per heavy atom. The van der Waals surface area contributed by atoms with E-state index >= 15 is 0 Å². The molecule has 1 heterocycles. The van der Waals surface area contributed by atoms with E-state index in [-0.39, 0.29) is 22.2 Å². The van der Waals surface area contributed by atoms with Crippen LogP contribution in [0.4, 0.5) is 5.82 Å². The fraction of sp³-hybridized carbons (Fsp3) is 0.267. The van der Waals surface area contributed by atoms with Crippen molar-refractivity contribution in [2.45, 2.75) is 19.1 Å². The van der Waals surface area contributed by atoms with E-state index in [0.717, 1.165) is 11.8 Å². The van der Waals surface area contributed by atoms with Crippen molar-refractivity contribution in [3.63, 3.8) is 0 Å². The maximum absolute atomic E-state index is 10.9. The SMILES string of the molecule is CC(=O)SCC(O)C(O)c1ccc(-n2ncc(C#N)c2N)cc1. The number of nitrogens with zero attached hydrogens (tertiary/aromatic N) is 3. The molecular weight excluding hydrogens is 316 g/mol. The maximum Gasteiger partial charge on any atom is 0.185 e. The fourth-order valence-corrected chi connectivity index (χ4v) is 2.57. The lowest BCUT2D eigenvalue weighted by Gasteiger charge is -2.17. The molecule has 120 valence electrons. The second kappa shape index (κ2) is 7.28. The number of hydrogen-bond donors (Lipinski definition) is 3. The lowest BCUT2D eigenvalue weighted by Crippen LogP contribution is -2.21. The summed E-state index contributed by atoms with van der Waals surface area (Å²) in [6, 6.07) is 8.56. The Morgan fingerprint density at radius 3 is 2.61 bits per heavy atom. The van der Waals surface area contributed by atoms with Crippen LogP contribution in [0.15, 0.2) is 30.5 Å². The molecule has 2 atom stereocenters. The monoisotopic (exact) mass is 332 g/mol. The van der Waals surface area contributed by atoms with Gasteiger partial charge >= 0.3 is 0 Å². The lowest BCUT2D eigenvalue weighted by molar-refractivity contribution is -0.109. The number of anilines is 1. The predicted octanol–water partition coefficient (Wildman–Crippen LogP) is 1.00. The first-order valence-electron chi connectivity index (χ1n) is 6.77. The third-order valence-electron chi connectivity index (χ3n) is 3.23. The second-order valence-corrected chi connectivity index (χ2v) is 6.07. The van der Waals surface area contributed by atoms with Crippen molar-refractivity contribution in [2.75, 3.05) is 11.5 Å². The number of carbonyl (C=O) groups excluding carboxylic acids is 1. The van der Waals surface area contributed by atoms with Gasteiger partial charge in [-0.25, -0.2) is 4.68 Å². The van der Waals surface area contributed by atoms with Crippen LogP contribution in [0, 0.1) is 11.3 Å². The summed E-state index contributed by atoms with van der Waals surface area (Å²) in [5.74, 6) is 0.356. The van der Waals surface area contributed by atoms with Crippen LogP contribution in [0.1, 0.15) is 24.2 Å². The number of benzene rings is 1. The highest BCUT2D eigenvalue weighted by molar-refractivity contribution is 8.13. The predicted molar refractivity (Wildman–Crippen MR) is 86.8 cm³/mol. The number of rotatable bonds is 5. The smallest absolute Gasteiger partial charge is 0.185 e. The van der Waals surface area contributed by atoms with Crippen LogP contribution >= 0.6 is 11.8 Å². The van der Waals surface area contributed by atoms with Gasteiger partial charge in [-0.05, 0) is 17.7 Å². The molecule has 7 nitrogen and oxygen atoms in total. The number of aromatic nitrogens is 2. The lowest BCUT2D eigenvalue weighted by atomic mass is 10.1. The van der Waals surface area contributed by atoms with Crippen molar-refractivity contribution in [1.29, 1.82) is 5.26 Å². The molecule has 0 saturated heterocycles. The fourth-order valence-electron chi connectivity index (χ4n) is 1.98. The Morgan fingerprint density at radius 2 is 2.09 bits per heavy atom. The van der Waals surface area contributed by atoms with E-state index < -0.39 is 12.2 Å². The second-order valence-electron chi connectivity index (χ2n) is 4.87. The Hall–Kier alpha value is -2.34. The van der Waals surface area contributed by atoms with E-state index in [2.05, 4.69) is 5.10 Å². The number of carbonyl (C=O) groups is 1. The Bertz CT molecular complexity index is 736. The summed E-state index contributed by atoms with van der Waals surface area (Å²) in [4.78, 5) is 10.9. The largest absolute Gasteiger partial charge is 0.389 e. The van der Waals surface area contributed by atoms with Gasteiger partial charge in [-0.2, -0.15) is 10.4 Å². The van der Waals surface area contributed by atoms with Gasteiger partial charge in [-0.15, -0.1) is 0 Å². The average molecular weight is 332 g/mol. The number of nitrogen functional groups attached to an aromatic ring is 1. The van der Waals surface area contributed by atoms with Crippen molar-refractivity contribution in [3.05, 3.63) is 41.6 Å². The highest BCUT2D eigenvalue weighted by Crippen LogP contribution is 2.23. The van der Waals surface area contributed by atoms with Gasteiger partial charge in [0.2, 0.25) is 0 Å². The summed E-state index contributed by atoms with van der Waals surface area (Å²) in [7, 11) is 0. The summed E-state index contributed by atoms with van der Waals surface area (Å²) in [6.45, 7) is 1.41. The normalized spacial score (nSPS) is 13.3. The van der Waals surface area contributed by atoms with Gasteiger partial charge in [0.1, 0.15) is 23.6 Å². The molecule has 0 radical (unpaired) electrons. The van der Waals surface area contributed by atoms with Gasteiger partial charge in [-0.1, -0.05) is 23.9 Å². The summed E-state index contributed by atoms with van der Waals surface area (Å²) < 4.78 is 1.41. The first kappa shape index (κ1) is 17.0. The van der Waals surface area contributed by atoms with Crippen LogP contribution in [0.5, 0.6) is 0 Å². The summed E-state index contributed by atoms with van der Waals surface area (Å²) >= 11 is 0.959. The standard InChI is InChI=1S/C15H16N4O3S/c1-9(20)23-8-13(21)14(22)10-2-4-12(5-3-10)19-15(17)11(6-16)7-18-19/h2-5,7,13-14,21-22H,8,17H2,1H3. The van der Waals surface area contributed by atoms with Crippen molar-refractivity contribution < 1.29 is 15.0 Å². The van der Waals surface area contributed by atoms with E-state index in [0.29, 0.717) is 11.3 Å². The summed E-state index contributed by atoms with van der Waals surface area (Å²) in [6.07, 6.45) is -0.767. The molecule has 0 aliphatic rings. The van der Waals surface area contributed by atoms with Crippen molar-refractivity contribution in [1.82, 2.24) is 9.78 Å². The molecule has 0 aliphatic heterocycles. The van der Waals surface area contributed by atoms with Gasteiger partial charge < -0.3 is 15.9 Å². The average Bonchev–Trinajstić information content (AvgIpc) is 2.92. The van der Waals surface area contributed by atoms with Gasteiger partial charge in [-0.3, -0.25) is 4.79 Å². The summed E-state index contributed by atoms with van der Waals surface area (Å²) in [5, 5.41) is 32.8. The van der Waals surface area contributed by atoms with E-state index in [9.17, 15) is 15.0 Å². The molecule has 0 fully saturated rings. The van der Waals surface area contributed by atoms with E-state index in [4.69, 9.17) is 11.0 Å². The molecule has 1 aromatic heterocycles. The van der Waals surface area contributed by atoms with Crippen LogP contribution in [0.3, 0.4) is 0 Å². The van der Waals surface area contributed by atoms with E-state index in [1.54, 1.807) is 24.3 Å². The van der Waals surface area contributed by atoms with Crippen LogP contribution < -0.4 is 5.73 Å². The molecule has 4 N–H and O–H groups in total. The molecule has 1 aromatic carbocycles. The van der Waals surface area contributed by atoms with Crippen molar-refractivity contribution in [2.24, 2.45) is 0 Å².